The second-order valence-electron chi connectivity index (χ2n) is 5.02. The Morgan fingerprint density at radius 3 is 2.95 bits per heavy atom. The van der Waals surface area contributed by atoms with E-state index < -0.39 is 6.10 Å². The van der Waals surface area contributed by atoms with E-state index in [1.54, 1.807) is 6.20 Å². The van der Waals surface area contributed by atoms with E-state index >= 15 is 0 Å². The molecule has 1 aromatic carbocycles. The highest BCUT2D eigenvalue weighted by molar-refractivity contribution is 9.10. The van der Waals surface area contributed by atoms with Crippen molar-refractivity contribution in [2.45, 2.75) is 24.9 Å². The Kier molecular flexibility index (Phi) is 4.03. The van der Waals surface area contributed by atoms with Gasteiger partial charge in [-0.25, -0.2) is 0 Å². The molecule has 0 fully saturated rings. The largest absolute Gasteiger partial charge is 0.493 e. The number of hydrogen-bond acceptors (Lipinski definition) is 3. The van der Waals surface area contributed by atoms with E-state index in [-0.39, 0.29) is 0 Å². The smallest absolute Gasteiger partial charge is 0.122 e. The van der Waals surface area contributed by atoms with Gasteiger partial charge in [-0.15, -0.1) is 0 Å². The number of rotatable bonds is 3. The number of aromatic nitrogens is 1. The molecule has 0 amide bonds. The summed E-state index contributed by atoms with van der Waals surface area (Å²) in [4.78, 5) is 4.27. The van der Waals surface area contributed by atoms with Crippen LogP contribution in [0.5, 0.6) is 5.75 Å². The van der Waals surface area contributed by atoms with Crippen molar-refractivity contribution in [2.24, 2.45) is 0 Å². The normalized spacial score (nSPS) is 19.0. The van der Waals surface area contributed by atoms with Gasteiger partial charge >= 0.3 is 0 Å². The lowest BCUT2D eigenvalue weighted by atomic mass is 9.87. The van der Waals surface area contributed by atoms with Gasteiger partial charge in [0.25, 0.3) is 0 Å². The second-order valence-corrected chi connectivity index (χ2v) is 5.94. The Hall–Kier alpha value is -1.39. The van der Waals surface area contributed by atoms with Crippen molar-refractivity contribution in [3.63, 3.8) is 0 Å². The number of aliphatic hydroxyl groups excluding tert-OH is 1. The molecule has 2 heterocycles. The maximum Gasteiger partial charge on any atom is 0.122 e. The van der Waals surface area contributed by atoms with Crippen molar-refractivity contribution >= 4 is 15.9 Å². The van der Waals surface area contributed by atoms with Crippen molar-refractivity contribution in [1.29, 1.82) is 0 Å². The van der Waals surface area contributed by atoms with Crippen molar-refractivity contribution < 1.29 is 9.84 Å². The first-order valence-electron chi connectivity index (χ1n) is 6.75. The van der Waals surface area contributed by atoms with Gasteiger partial charge < -0.3 is 9.84 Å². The predicted molar refractivity (Wildman–Crippen MR) is 80.8 cm³/mol. The number of aliphatic hydroxyl groups is 1. The van der Waals surface area contributed by atoms with E-state index in [2.05, 4.69) is 27.0 Å². The minimum Gasteiger partial charge on any atom is -0.493 e. The van der Waals surface area contributed by atoms with Gasteiger partial charge in [0.1, 0.15) is 5.75 Å². The highest BCUT2D eigenvalue weighted by Gasteiger charge is 2.24. The van der Waals surface area contributed by atoms with E-state index in [1.165, 1.54) is 5.56 Å². The van der Waals surface area contributed by atoms with Crippen LogP contribution in [0.2, 0.25) is 0 Å². The summed E-state index contributed by atoms with van der Waals surface area (Å²) < 4.78 is 6.57. The number of halogens is 1. The standard InChI is InChI=1S/C16H16BrNO2/c17-12-5-6-14(18-10-12)15(19)9-11-7-8-20-16-4-2-1-3-13(11)16/h1-6,10-11,15,19H,7-9H2. The summed E-state index contributed by atoms with van der Waals surface area (Å²) in [5, 5.41) is 10.4. The Labute approximate surface area is 126 Å². The van der Waals surface area contributed by atoms with Crippen LogP contribution in [-0.2, 0) is 0 Å². The molecule has 2 atom stereocenters. The number of pyridine rings is 1. The van der Waals surface area contributed by atoms with E-state index in [1.807, 2.05) is 30.3 Å². The van der Waals surface area contributed by atoms with Gasteiger partial charge in [0.2, 0.25) is 0 Å². The number of hydrogen-bond donors (Lipinski definition) is 1. The predicted octanol–water partition coefficient (Wildman–Crippen LogP) is 3.83. The molecule has 4 heteroatoms. The highest BCUT2D eigenvalue weighted by atomic mass is 79.9. The molecule has 20 heavy (non-hydrogen) atoms. The molecular formula is C16H16BrNO2. The lowest BCUT2D eigenvalue weighted by Crippen LogP contribution is -2.16. The highest BCUT2D eigenvalue weighted by Crippen LogP contribution is 2.38. The molecule has 2 aromatic rings. The van der Waals surface area contributed by atoms with Gasteiger partial charge in [-0.1, -0.05) is 18.2 Å². The van der Waals surface area contributed by atoms with E-state index in [0.29, 0.717) is 18.9 Å². The summed E-state index contributed by atoms with van der Waals surface area (Å²) in [5.41, 5.74) is 1.91. The van der Waals surface area contributed by atoms with Crippen LogP contribution in [0.15, 0.2) is 47.1 Å². The molecule has 104 valence electrons. The molecule has 1 N–H and O–H groups in total. The average Bonchev–Trinajstić information content (AvgIpc) is 2.48. The van der Waals surface area contributed by atoms with E-state index in [4.69, 9.17) is 4.74 Å². The maximum absolute atomic E-state index is 10.4. The zero-order valence-electron chi connectivity index (χ0n) is 11.0. The van der Waals surface area contributed by atoms with Gasteiger partial charge in [-0.2, -0.15) is 0 Å². The SMILES string of the molecule is OC(CC1CCOc2ccccc21)c1ccc(Br)cn1. The van der Waals surface area contributed by atoms with Crippen molar-refractivity contribution in [3.05, 3.63) is 58.3 Å². The minimum atomic E-state index is -0.542. The molecule has 1 aliphatic heterocycles. The summed E-state index contributed by atoms with van der Waals surface area (Å²) in [6.45, 7) is 0.710. The zero-order valence-corrected chi connectivity index (χ0v) is 12.6. The first-order chi connectivity index (χ1) is 9.74. The molecular weight excluding hydrogens is 318 g/mol. The Morgan fingerprint density at radius 1 is 1.30 bits per heavy atom. The summed E-state index contributed by atoms with van der Waals surface area (Å²) in [6.07, 6.45) is 2.79. The van der Waals surface area contributed by atoms with Gasteiger partial charge in [-0.05, 0) is 58.5 Å². The summed E-state index contributed by atoms with van der Waals surface area (Å²) in [5.74, 6) is 1.26. The topological polar surface area (TPSA) is 42.4 Å². The van der Waals surface area contributed by atoms with Gasteiger partial charge in [0.15, 0.2) is 0 Å². The third-order valence-corrected chi connectivity index (χ3v) is 4.15. The Morgan fingerprint density at radius 2 is 2.15 bits per heavy atom. The molecule has 0 spiro atoms. The lowest BCUT2D eigenvalue weighted by Gasteiger charge is -2.27. The van der Waals surface area contributed by atoms with Crippen molar-refractivity contribution in [3.8, 4) is 5.75 Å². The van der Waals surface area contributed by atoms with E-state index in [9.17, 15) is 5.11 Å². The fourth-order valence-corrected chi connectivity index (χ4v) is 2.87. The minimum absolute atomic E-state index is 0.320. The van der Waals surface area contributed by atoms with E-state index in [0.717, 1.165) is 22.3 Å². The van der Waals surface area contributed by atoms with Crippen LogP contribution in [0.25, 0.3) is 0 Å². The first-order valence-corrected chi connectivity index (χ1v) is 7.54. The molecule has 0 saturated heterocycles. The number of nitrogens with zero attached hydrogens (tertiary/aromatic N) is 1. The number of ether oxygens (including phenoxy) is 1. The third-order valence-electron chi connectivity index (χ3n) is 3.68. The summed E-state index contributed by atoms with van der Waals surface area (Å²) >= 11 is 3.35. The van der Waals surface area contributed by atoms with Crippen LogP contribution in [0.3, 0.4) is 0 Å². The molecule has 0 radical (unpaired) electrons. The van der Waals surface area contributed by atoms with Gasteiger partial charge in [0.05, 0.1) is 18.4 Å². The number of benzene rings is 1. The zero-order chi connectivity index (χ0) is 13.9. The van der Waals surface area contributed by atoms with Crippen LogP contribution in [-0.4, -0.2) is 16.7 Å². The summed E-state index contributed by atoms with van der Waals surface area (Å²) in [6, 6.07) is 11.8. The van der Waals surface area contributed by atoms with Crippen molar-refractivity contribution in [2.75, 3.05) is 6.61 Å². The molecule has 1 aliphatic rings. The number of para-hydroxylation sites is 1. The third kappa shape index (κ3) is 2.86. The van der Waals surface area contributed by atoms with Crippen LogP contribution in [0.1, 0.15) is 36.1 Å². The quantitative estimate of drug-likeness (QED) is 0.928. The van der Waals surface area contributed by atoms with Gasteiger partial charge in [-0.3, -0.25) is 4.98 Å². The molecule has 3 nitrogen and oxygen atoms in total. The summed E-state index contributed by atoms with van der Waals surface area (Å²) in [7, 11) is 0. The molecule has 0 saturated carbocycles. The average molecular weight is 334 g/mol. The maximum atomic E-state index is 10.4. The Balaban J connectivity index is 1.77. The molecule has 3 rings (SSSR count). The van der Waals surface area contributed by atoms with Gasteiger partial charge in [0, 0.05) is 10.7 Å². The Bertz CT molecular complexity index is 585. The second kappa shape index (κ2) is 5.94. The van der Waals surface area contributed by atoms with Crippen molar-refractivity contribution in [1.82, 2.24) is 4.98 Å². The monoisotopic (exact) mass is 333 g/mol. The first kappa shape index (κ1) is 13.6. The molecule has 0 aliphatic carbocycles. The fourth-order valence-electron chi connectivity index (χ4n) is 2.64. The van der Waals surface area contributed by atoms with Crippen LogP contribution in [0, 0.1) is 0 Å². The van der Waals surface area contributed by atoms with Crippen LogP contribution < -0.4 is 4.74 Å². The molecule has 1 aromatic heterocycles. The molecule has 0 bridgehead atoms. The van der Waals surface area contributed by atoms with Crippen LogP contribution >= 0.6 is 15.9 Å². The van der Waals surface area contributed by atoms with Crippen LogP contribution in [0.4, 0.5) is 0 Å². The lowest BCUT2D eigenvalue weighted by molar-refractivity contribution is 0.141. The number of fused-ring (bicyclic) bond motifs is 1. The fraction of sp³-hybridized carbons (Fsp3) is 0.312. The molecule has 2 unspecified atom stereocenters.